The Hall–Kier alpha value is -2.81. The topological polar surface area (TPSA) is 90.9 Å². The van der Waals surface area contributed by atoms with Gasteiger partial charge in [0, 0.05) is 25.0 Å². The van der Waals surface area contributed by atoms with Crippen molar-refractivity contribution in [3.8, 4) is 0 Å². The highest BCUT2D eigenvalue weighted by molar-refractivity contribution is 7.18. The summed E-state index contributed by atoms with van der Waals surface area (Å²) in [6, 6.07) is 7.08. The van der Waals surface area contributed by atoms with Crippen LogP contribution in [-0.2, 0) is 14.4 Å². The van der Waals surface area contributed by atoms with Gasteiger partial charge in [0.2, 0.25) is 5.91 Å². The zero-order valence-electron chi connectivity index (χ0n) is 18.7. The van der Waals surface area contributed by atoms with Crippen LogP contribution in [0.1, 0.15) is 56.4 Å². The number of hydrogen-bond acceptors (Lipinski definition) is 6. The van der Waals surface area contributed by atoms with Crippen molar-refractivity contribution in [2.24, 2.45) is 5.92 Å². The molecule has 1 aromatic carbocycles. The third kappa shape index (κ3) is 4.03. The zero-order valence-corrected chi connectivity index (χ0v) is 19.6. The summed E-state index contributed by atoms with van der Waals surface area (Å²) < 4.78 is 1.12. The molecule has 2 saturated heterocycles. The average Bonchev–Trinajstić information content (AvgIpc) is 3.35. The number of aromatic nitrogens is 1. The minimum Gasteiger partial charge on any atom is -0.340 e. The summed E-state index contributed by atoms with van der Waals surface area (Å²) >= 11 is 1.65. The first kappa shape index (κ1) is 22.0. The van der Waals surface area contributed by atoms with Crippen LogP contribution in [0.5, 0.6) is 0 Å². The highest BCUT2D eigenvalue weighted by Crippen LogP contribution is 2.34. The summed E-state index contributed by atoms with van der Waals surface area (Å²) in [4.78, 5) is 59.7. The van der Waals surface area contributed by atoms with Gasteiger partial charge < -0.3 is 4.90 Å². The molecule has 5 amide bonds. The van der Waals surface area contributed by atoms with Crippen LogP contribution in [0.4, 0.5) is 4.79 Å². The molecular weight excluding hydrogens is 440 g/mol. The molecule has 0 unspecified atom stereocenters. The first-order chi connectivity index (χ1) is 15.9. The Morgan fingerprint density at radius 2 is 1.85 bits per heavy atom. The molecule has 1 saturated carbocycles. The van der Waals surface area contributed by atoms with E-state index in [1.807, 2.05) is 31.2 Å². The molecule has 0 spiro atoms. The van der Waals surface area contributed by atoms with E-state index in [0.717, 1.165) is 57.1 Å². The molecule has 0 bridgehead atoms. The number of imide groups is 2. The van der Waals surface area contributed by atoms with E-state index in [1.54, 1.807) is 16.2 Å². The molecule has 0 N–H and O–H groups in total. The van der Waals surface area contributed by atoms with Gasteiger partial charge in [0.05, 0.1) is 15.2 Å². The Morgan fingerprint density at radius 3 is 2.64 bits per heavy atom. The van der Waals surface area contributed by atoms with Crippen molar-refractivity contribution in [1.29, 1.82) is 0 Å². The van der Waals surface area contributed by atoms with Gasteiger partial charge in [0.1, 0.15) is 6.54 Å². The minimum absolute atomic E-state index is 0.131. The molecule has 9 heteroatoms. The molecule has 3 aliphatic rings. The van der Waals surface area contributed by atoms with Gasteiger partial charge in [0.15, 0.2) is 0 Å². The van der Waals surface area contributed by atoms with Gasteiger partial charge in [-0.25, -0.2) is 14.7 Å². The molecule has 3 heterocycles. The lowest BCUT2D eigenvalue weighted by atomic mass is 9.85. The van der Waals surface area contributed by atoms with Crippen molar-refractivity contribution >= 4 is 45.3 Å². The number of para-hydroxylation sites is 1. The summed E-state index contributed by atoms with van der Waals surface area (Å²) in [5.74, 6) is -1.68. The Labute approximate surface area is 196 Å². The van der Waals surface area contributed by atoms with Gasteiger partial charge in [-0.15, -0.1) is 11.3 Å². The number of thiazole rings is 1. The number of rotatable bonds is 4. The second-order valence-corrected chi connectivity index (χ2v) is 10.4. The van der Waals surface area contributed by atoms with E-state index >= 15 is 0 Å². The van der Waals surface area contributed by atoms with Crippen molar-refractivity contribution in [2.45, 2.75) is 57.4 Å². The predicted octanol–water partition coefficient (Wildman–Crippen LogP) is 3.37. The van der Waals surface area contributed by atoms with Gasteiger partial charge in [-0.05, 0) is 43.7 Å². The van der Waals surface area contributed by atoms with Crippen molar-refractivity contribution in [2.75, 3.05) is 19.6 Å². The summed E-state index contributed by atoms with van der Waals surface area (Å²) in [5.41, 5.74) is 0.963. The van der Waals surface area contributed by atoms with Crippen LogP contribution in [0.3, 0.4) is 0 Å². The van der Waals surface area contributed by atoms with Crippen molar-refractivity contribution in [3.05, 3.63) is 29.3 Å². The fourth-order valence-corrected chi connectivity index (χ4v) is 6.43. The minimum atomic E-state index is -0.883. The Kier molecular flexibility index (Phi) is 5.90. The lowest BCUT2D eigenvalue weighted by Gasteiger charge is -2.34. The number of benzene rings is 1. The lowest BCUT2D eigenvalue weighted by molar-refractivity contribution is -0.146. The molecule has 1 aliphatic carbocycles. The molecule has 2 aromatic rings. The van der Waals surface area contributed by atoms with Crippen LogP contribution in [0.2, 0.25) is 0 Å². The van der Waals surface area contributed by atoms with Crippen LogP contribution in [0.25, 0.3) is 10.2 Å². The molecule has 2 aliphatic heterocycles. The maximum Gasteiger partial charge on any atom is 0.334 e. The van der Waals surface area contributed by atoms with E-state index in [2.05, 4.69) is 0 Å². The first-order valence-corrected chi connectivity index (χ1v) is 12.6. The van der Waals surface area contributed by atoms with E-state index in [0.29, 0.717) is 19.5 Å². The molecule has 1 aromatic heterocycles. The van der Waals surface area contributed by atoms with E-state index in [-0.39, 0.29) is 30.3 Å². The van der Waals surface area contributed by atoms with Crippen molar-refractivity contribution in [3.63, 3.8) is 0 Å². The number of carbonyl (C=O) groups excluding carboxylic acids is 4. The second kappa shape index (κ2) is 8.85. The van der Waals surface area contributed by atoms with Crippen molar-refractivity contribution in [1.82, 2.24) is 19.7 Å². The number of amides is 5. The van der Waals surface area contributed by atoms with Gasteiger partial charge in [0.25, 0.3) is 0 Å². The molecule has 174 valence electrons. The van der Waals surface area contributed by atoms with Crippen LogP contribution < -0.4 is 0 Å². The third-order valence-corrected chi connectivity index (χ3v) is 8.41. The first-order valence-electron chi connectivity index (χ1n) is 11.8. The average molecular weight is 469 g/mol. The maximum atomic E-state index is 13.1. The number of carbonyl (C=O) groups is 4. The standard InChI is InChI=1S/C24H28N4O4S/c1-15-7-2-4-10-18(15)28-23(31)22(30)27(24(28)32)14-20(29)26-12-6-8-16(13-26)21-25-17-9-3-5-11-19(17)33-21/h3,5,9,11,15-16,18H,2,4,6-8,10,12-14H2,1H3/t15-,16+,18+/m1/s1. The molecular formula is C24H28N4O4S. The van der Waals surface area contributed by atoms with E-state index in [9.17, 15) is 19.2 Å². The van der Waals surface area contributed by atoms with E-state index in [1.165, 1.54) is 0 Å². The summed E-state index contributed by atoms with van der Waals surface area (Å²) in [6.07, 6.45) is 5.41. The SMILES string of the molecule is C[C@@H]1CCCC[C@@H]1N1C(=O)C(=O)N(CC(=O)N2CCC[C@H](c3nc4ccccc4s3)C2)C1=O. The maximum absolute atomic E-state index is 13.1. The normalized spacial score (nSPS) is 26.5. The largest absolute Gasteiger partial charge is 0.340 e. The number of hydrogen-bond donors (Lipinski definition) is 0. The third-order valence-electron chi connectivity index (χ3n) is 7.21. The smallest absolute Gasteiger partial charge is 0.334 e. The van der Waals surface area contributed by atoms with Gasteiger partial charge in [-0.1, -0.05) is 31.9 Å². The van der Waals surface area contributed by atoms with E-state index in [4.69, 9.17) is 4.98 Å². The Bertz CT molecular complexity index is 1080. The Morgan fingerprint density at radius 1 is 1.06 bits per heavy atom. The molecule has 8 nitrogen and oxygen atoms in total. The molecule has 3 atom stereocenters. The second-order valence-electron chi connectivity index (χ2n) is 9.38. The molecule has 3 fully saturated rings. The Balaban J connectivity index is 1.27. The fraction of sp³-hybridized carbons (Fsp3) is 0.542. The lowest BCUT2D eigenvalue weighted by Crippen LogP contribution is -2.48. The molecule has 5 rings (SSSR count). The number of fused-ring (bicyclic) bond motifs is 1. The monoisotopic (exact) mass is 468 g/mol. The van der Waals surface area contributed by atoms with E-state index < -0.39 is 17.8 Å². The quantitative estimate of drug-likeness (QED) is 0.507. The summed E-state index contributed by atoms with van der Waals surface area (Å²) in [5, 5.41) is 1.01. The van der Waals surface area contributed by atoms with Crippen LogP contribution in [0.15, 0.2) is 24.3 Å². The summed E-state index contributed by atoms with van der Waals surface area (Å²) in [7, 11) is 0. The predicted molar refractivity (Wildman–Crippen MR) is 124 cm³/mol. The highest BCUT2D eigenvalue weighted by Gasteiger charge is 2.50. The number of piperidine rings is 1. The molecule has 0 radical (unpaired) electrons. The van der Waals surface area contributed by atoms with Gasteiger partial charge in [-0.2, -0.15) is 0 Å². The van der Waals surface area contributed by atoms with Crippen LogP contribution >= 0.6 is 11.3 Å². The van der Waals surface area contributed by atoms with Crippen LogP contribution in [-0.4, -0.2) is 69.1 Å². The van der Waals surface area contributed by atoms with Crippen molar-refractivity contribution < 1.29 is 19.2 Å². The highest BCUT2D eigenvalue weighted by atomic mass is 32.1. The van der Waals surface area contributed by atoms with Gasteiger partial charge >= 0.3 is 17.8 Å². The number of likely N-dealkylation sites (tertiary alicyclic amines) is 1. The van der Waals surface area contributed by atoms with Gasteiger partial charge in [-0.3, -0.25) is 19.3 Å². The fourth-order valence-electron chi connectivity index (χ4n) is 5.34. The molecule has 33 heavy (non-hydrogen) atoms. The zero-order chi connectivity index (χ0) is 23.1. The summed E-state index contributed by atoms with van der Waals surface area (Å²) in [6.45, 7) is 2.71. The van der Waals surface area contributed by atoms with Crippen LogP contribution in [0, 0.1) is 5.92 Å². The number of nitrogens with zero attached hydrogens (tertiary/aromatic N) is 4. The number of urea groups is 1.